The highest BCUT2D eigenvalue weighted by Crippen LogP contribution is 2.28. The molecule has 0 radical (unpaired) electrons. The number of nitrogens with zero attached hydrogens (tertiary/aromatic N) is 2. The smallest absolute Gasteiger partial charge is 0.138 e. The molecule has 0 saturated carbocycles. The monoisotopic (exact) mass is 305 g/mol. The number of aromatic nitrogens is 2. The van der Waals surface area contributed by atoms with E-state index in [1.54, 1.807) is 0 Å². The molecule has 2 heterocycles. The summed E-state index contributed by atoms with van der Waals surface area (Å²) in [5.41, 5.74) is 1.83. The molecule has 114 valence electrons. The van der Waals surface area contributed by atoms with Crippen LogP contribution in [0.3, 0.4) is 0 Å². The fourth-order valence-electron chi connectivity index (χ4n) is 2.63. The zero-order valence-electron chi connectivity index (χ0n) is 13.5. The molecule has 2 aromatic heterocycles. The summed E-state index contributed by atoms with van der Waals surface area (Å²) < 4.78 is 2.03. The third-order valence-electron chi connectivity index (χ3n) is 3.31. The first-order valence-electron chi connectivity index (χ1n) is 7.18. The number of allylic oxidation sites excluding steroid dienone is 1. The second-order valence-corrected chi connectivity index (χ2v) is 7.69. The van der Waals surface area contributed by atoms with Crippen LogP contribution in [0.5, 0.6) is 0 Å². The number of halogens is 1. The van der Waals surface area contributed by atoms with Gasteiger partial charge >= 0.3 is 0 Å². The van der Waals surface area contributed by atoms with E-state index < -0.39 is 0 Å². The van der Waals surface area contributed by atoms with Gasteiger partial charge in [-0.2, -0.15) is 0 Å². The lowest BCUT2D eigenvalue weighted by Crippen LogP contribution is -2.38. The van der Waals surface area contributed by atoms with Crippen LogP contribution in [-0.4, -0.2) is 9.38 Å². The summed E-state index contributed by atoms with van der Waals surface area (Å²) in [6, 6.07) is 3.81. The molecule has 2 aromatic rings. The van der Waals surface area contributed by atoms with Crippen molar-refractivity contribution in [1.82, 2.24) is 14.7 Å². The minimum Gasteiger partial charge on any atom is -0.377 e. The predicted molar refractivity (Wildman–Crippen MR) is 89.6 cm³/mol. The lowest BCUT2D eigenvalue weighted by molar-refractivity contribution is 0.356. The van der Waals surface area contributed by atoms with E-state index in [1.165, 1.54) is 0 Å². The van der Waals surface area contributed by atoms with Crippen LogP contribution in [0, 0.1) is 5.41 Å². The number of pyridine rings is 1. The molecule has 4 heteroatoms. The van der Waals surface area contributed by atoms with Crippen LogP contribution in [0.25, 0.3) is 5.52 Å². The van der Waals surface area contributed by atoms with Gasteiger partial charge in [0.2, 0.25) is 0 Å². The normalized spacial score (nSPS) is 12.7. The Labute approximate surface area is 132 Å². The van der Waals surface area contributed by atoms with Crippen LogP contribution in [0.1, 0.15) is 46.9 Å². The maximum Gasteiger partial charge on any atom is 0.138 e. The van der Waals surface area contributed by atoms with Crippen LogP contribution in [0.2, 0.25) is 5.02 Å². The second kappa shape index (κ2) is 5.38. The van der Waals surface area contributed by atoms with Gasteiger partial charge in [-0.1, -0.05) is 39.0 Å². The Morgan fingerprint density at radius 3 is 2.62 bits per heavy atom. The molecule has 0 bridgehead atoms. The zero-order valence-corrected chi connectivity index (χ0v) is 14.3. The molecule has 0 spiro atoms. The Morgan fingerprint density at radius 2 is 2.00 bits per heavy atom. The van der Waals surface area contributed by atoms with Crippen LogP contribution in [0.15, 0.2) is 36.8 Å². The van der Waals surface area contributed by atoms with E-state index in [4.69, 9.17) is 11.6 Å². The second-order valence-electron chi connectivity index (χ2n) is 7.28. The lowest BCUT2D eigenvalue weighted by Gasteiger charge is -2.30. The van der Waals surface area contributed by atoms with Gasteiger partial charge in [-0.25, -0.2) is 4.98 Å². The van der Waals surface area contributed by atoms with E-state index in [1.807, 2.05) is 28.9 Å². The van der Waals surface area contributed by atoms with Gasteiger partial charge in [0.15, 0.2) is 0 Å². The molecular formula is C17H24ClN3. The Morgan fingerprint density at radius 1 is 1.33 bits per heavy atom. The van der Waals surface area contributed by atoms with Gasteiger partial charge in [0, 0.05) is 11.9 Å². The molecule has 0 unspecified atom stereocenters. The van der Waals surface area contributed by atoms with Crippen molar-refractivity contribution < 1.29 is 0 Å². The van der Waals surface area contributed by atoms with E-state index in [0.29, 0.717) is 5.02 Å². The Hall–Kier alpha value is -1.48. The molecule has 0 amide bonds. The van der Waals surface area contributed by atoms with E-state index in [9.17, 15) is 0 Å². The van der Waals surface area contributed by atoms with Gasteiger partial charge < -0.3 is 9.72 Å². The van der Waals surface area contributed by atoms with Crippen LogP contribution >= 0.6 is 11.6 Å². The van der Waals surface area contributed by atoms with Gasteiger partial charge in [0.1, 0.15) is 5.82 Å². The predicted octanol–water partition coefficient (Wildman–Crippen LogP) is 4.76. The van der Waals surface area contributed by atoms with Gasteiger partial charge in [-0.05, 0) is 37.8 Å². The third kappa shape index (κ3) is 3.59. The van der Waals surface area contributed by atoms with E-state index >= 15 is 0 Å². The Balaban J connectivity index is 2.30. The minimum absolute atomic E-state index is 0.206. The largest absolute Gasteiger partial charge is 0.377 e. The highest BCUT2D eigenvalue weighted by molar-refractivity contribution is 6.33. The fourth-order valence-corrected chi connectivity index (χ4v) is 2.84. The molecule has 0 atom stereocenters. The molecular weight excluding hydrogens is 282 g/mol. The number of hydrogen-bond donors (Lipinski definition) is 1. The van der Waals surface area contributed by atoms with Gasteiger partial charge in [0.05, 0.1) is 22.3 Å². The number of rotatable bonds is 4. The maximum atomic E-state index is 6.21. The van der Waals surface area contributed by atoms with Crippen molar-refractivity contribution in [2.45, 2.75) is 46.6 Å². The molecule has 0 saturated heterocycles. The average molecular weight is 306 g/mol. The SMILES string of the molecule is C=C(CC(C)(C)C)NC(C)(C)c1ncc2c(Cl)cccn12. The molecule has 1 N–H and O–H groups in total. The summed E-state index contributed by atoms with van der Waals surface area (Å²) in [5.74, 6) is 0.926. The maximum absolute atomic E-state index is 6.21. The molecule has 0 aliphatic carbocycles. The van der Waals surface area contributed by atoms with Crippen molar-refractivity contribution in [2.24, 2.45) is 5.41 Å². The first kappa shape index (κ1) is 15.9. The first-order valence-corrected chi connectivity index (χ1v) is 7.56. The van der Waals surface area contributed by atoms with Crippen molar-refractivity contribution in [3.8, 4) is 0 Å². The Kier molecular flexibility index (Phi) is 4.07. The Bertz CT molecular complexity index is 662. The van der Waals surface area contributed by atoms with Crippen molar-refractivity contribution in [3.63, 3.8) is 0 Å². The molecule has 0 aromatic carbocycles. The summed E-state index contributed by atoms with van der Waals surface area (Å²) in [5, 5.41) is 4.21. The van der Waals surface area contributed by atoms with Crippen LogP contribution in [-0.2, 0) is 5.54 Å². The number of imidazole rings is 1. The van der Waals surface area contributed by atoms with Gasteiger partial charge in [-0.3, -0.25) is 0 Å². The fraction of sp³-hybridized carbons (Fsp3) is 0.471. The van der Waals surface area contributed by atoms with Crippen LogP contribution in [0.4, 0.5) is 0 Å². The van der Waals surface area contributed by atoms with Crippen molar-refractivity contribution in [3.05, 3.63) is 47.6 Å². The average Bonchev–Trinajstić information content (AvgIpc) is 2.71. The molecule has 3 nitrogen and oxygen atoms in total. The number of nitrogens with one attached hydrogen (secondary N) is 1. The molecule has 2 rings (SSSR count). The van der Waals surface area contributed by atoms with Gasteiger partial charge in [0.25, 0.3) is 0 Å². The summed E-state index contributed by atoms with van der Waals surface area (Å²) in [4.78, 5) is 4.55. The molecule has 0 fully saturated rings. The van der Waals surface area contributed by atoms with Crippen LogP contribution < -0.4 is 5.32 Å². The van der Waals surface area contributed by atoms with Crippen molar-refractivity contribution in [1.29, 1.82) is 0 Å². The molecule has 0 aliphatic rings. The molecule has 21 heavy (non-hydrogen) atoms. The van der Waals surface area contributed by atoms with Crippen molar-refractivity contribution in [2.75, 3.05) is 0 Å². The number of hydrogen-bond acceptors (Lipinski definition) is 2. The lowest BCUT2D eigenvalue weighted by atomic mass is 9.90. The van der Waals surface area contributed by atoms with E-state index in [-0.39, 0.29) is 11.0 Å². The number of fused-ring (bicyclic) bond motifs is 1. The standard InChI is InChI=1S/C17H24ClN3/c1-12(10-16(2,3)4)20-17(5,6)15-19-11-14-13(18)8-7-9-21(14)15/h7-9,11,20H,1,10H2,2-6H3. The summed E-state index contributed by atoms with van der Waals surface area (Å²) in [7, 11) is 0. The molecule has 0 aliphatic heterocycles. The third-order valence-corrected chi connectivity index (χ3v) is 3.63. The van der Waals surface area contributed by atoms with E-state index in [2.05, 4.69) is 51.5 Å². The highest BCUT2D eigenvalue weighted by atomic mass is 35.5. The summed E-state index contributed by atoms with van der Waals surface area (Å²) in [6.07, 6.45) is 4.72. The quantitative estimate of drug-likeness (QED) is 0.882. The minimum atomic E-state index is -0.320. The van der Waals surface area contributed by atoms with Crippen molar-refractivity contribution >= 4 is 17.1 Å². The first-order chi connectivity index (χ1) is 9.60. The highest BCUT2D eigenvalue weighted by Gasteiger charge is 2.27. The summed E-state index contributed by atoms with van der Waals surface area (Å²) >= 11 is 6.21. The van der Waals surface area contributed by atoms with E-state index in [0.717, 1.165) is 23.5 Å². The zero-order chi connectivity index (χ0) is 15.8. The topological polar surface area (TPSA) is 29.3 Å². The summed E-state index contributed by atoms with van der Waals surface area (Å²) in [6.45, 7) is 15.0. The van der Waals surface area contributed by atoms with Gasteiger partial charge in [-0.15, -0.1) is 0 Å².